The van der Waals surface area contributed by atoms with Crippen molar-refractivity contribution >= 4 is 10.0 Å². The van der Waals surface area contributed by atoms with Crippen molar-refractivity contribution in [2.45, 2.75) is 25.3 Å². The van der Waals surface area contributed by atoms with Crippen LogP contribution >= 0.6 is 0 Å². The molecule has 0 saturated carbocycles. The molecule has 0 heterocycles. The highest BCUT2D eigenvalue weighted by atomic mass is 32.2. The monoisotopic (exact) mass is 309 g/mol. The van der Waals surface area contributed by atoms with Crippen LogP contribution in [0.4, 0.5) is 4.39 Å². The second-order valence-electron chi connectivity index (χ2n) is 4.85. The topological polar surface area (TPSA) is 69.4 Å². The van der Waals surface area contributed by atoms with Crippen molar-refractivity contribution in [3.8, 4) is 5.75 Å². The number of aryl methyl sites for hydroxylation is 2. The lowest BCUT2D eigenvalue weighted by molar-refractivity contribution is 0.303. The zero-order valence-electron chi connectivity index (χ0n) is 11.8. The third-order valence-corrected chi connectivity index (χ3v) is 4.12. The van der Waals surface area contributed by atoms with Crippen molar-refractivity contribution in [1.29, 1.82) is 0 Å². The van der Waals surface area contributed by atoms with Crippen molar-refractivity contribution in [1.82, 2.24) is 0 Å². The van der Waals surface area contributed by atoms with Gasteiger partial charge in [-0.15, -0.1) is 0 Å². The van der Waals surface area contributed by atoms with Crippen molar-refractivity contribution in [2.24, 2.45) is 5.14 Å². The summed E-state index contributed by atoms with van der Waals surface area (Å²) in [5.74, 6) is 0.220. The Balaban J connectivity index is 2.24. The number of hydrogen-bond donors (Lipinski definition) is 1. The van der Waals surface area contributed by atoms with E-state index in [9.17, 15) is 12.8 Å². The maximum absolute atomic E-state index is 13.1. The van der Waals surface area contributed by atoms with Gasteiger partial charge in [-0.1, -0.05) is 12.1 Å². The number of primary sulfonamides is 1. The molecule has 2 rings (SSSR count). The molecule has 0 aliphatic rings. The third-order valence-electron chi connectivity index (χ3n) is 3.06. The average Bonchev–Trinajstić information content (AvgIpc) is 2.38. The van der Waals surface area contributed by atoms with Gasteiger partial charge >= 0.3 is 0 Å². The van der Waals surface area contributed by atoms with Gasteiger partial charge in [0.15, 0.2) is 0 Å². The minimum Gasteiger partial charge on any atom is -0.489 e. The Morgan fingerprint density at radius 1 is 1.14 bits per heavy atom. The summed E-state index contributed by atoms with van der Waals surface area (Å²) in [5, 5.41) is 5.15. The molecule has 0 amide bonds. The zero-order chi connectivity index (χ0) is 15.6. The molecule has 0 saturated heterocycles. The van der Waals surface area contributed by atoms with Crippen LogP contribution in [0.3, 0.4) is 0 Å². The van der Waals surface area contributed by atoms with Gasteiger partial charge in [-0.25, -0.2) is 17.9 Å². The van der Waals surface area contributed by atoms with Gasteiger partial charge in [-0.3, -0.25) is 0 Å². The fraction of sp³-hybridized carbons (Fsp3) is 0.200. The molecule has 0 spiro atoms. The highest BCUT2D eigenvalue weighted by molar-refractivity contribution is 7.89. The van der Waals surface area contributed by atoms with E-state index >= 15 is 0 Å². The van der Waals surface area contributed by atoms with E-state index in [1.54, 1.807) is 32.0 Å². The third kappa shape index (κ3) is 3.80. The summed E-state index contributed by atoms with van der Waals surface area (Å²) in [7, 11) is -3.75. The molecule has 0 bridgehead atoms. The molecule has 0 atom stereocenters. The van der Waals surface area contributed by atoms with Gasteiger partial charge in [0.05, 0.1) is 4.90 Å². The Morgan fingerprint density at radius 2 is 1.86 bits per heavy atom. The van der Waals surface area contributed by atoms with Crippen molar-refractivity contribution < 1.29 is 17.5 Å². The fourth-order valence-corrected chi connectivity index (χ4v) is 2.86. The minimum atomic E-state index is -3.75. The summed E-state index contributed by atoms with van der Waals surface area (Å²) in [6.07, 6.45) is 0. The zero-order valence-corrected chi connectivity index (χ0v) is 12.6. The highest BCUT2D eigenvalue weighted by Crippen LogP contribution is 2.26. The molecule has 0 aliphatic heterocycles. The van der Waals surface area contributed by atoms with Gasteiger partial charge in [0.2, 0.25) is 10.0 Å². The fourth-order valence-electron chi connectivity index (χ4n) is 2.01. The van der Waals surface area contributed by atoms with Crippen LogP contribution in [0.25, 0.3) is 0 Å². The Hall–Kier alpha value is -1.92. The van der Waals surface area contributed by atoms with E-state index in [2.05, 4.69) is 0 Å². The number of halogens is 1. The van der Waals surface area contributed by atoms with Crippen LogP contribution in [0.5, 0.6) is 5.75 Å². The number of ether oxygens (including phenoxy) is 1. The smallest absolute Gasteiger partial charge is 0.238 e. The Labute approximate surface area is 123 Å². The summed E-state index contributed by atoms with van der Waals surface area (Å²) in [4.78, 5) is 0.0816. The lowest BCUT2D eigenvalue weighted by Crippen LogP contribution is -2.14. The first-order chi connectivity index (χ1) is 9.77. The first-order valence-corrected chi connectivity index (χ1v) is 7.83. The van der Waals surface area contributed by atoms with Crippen LogP contribution in [0, 0.1) is 19.7 Å². The van der Waals surface area contributed by atoms with Crippen LogP contribution < -0.4 is 9.88 Å². The molecule has 0 aliphatic carbocycles. The first kappa shape index (κ1) is 15.5. The predicted molar refractivity (Wildman–Crippen MR) is 78.0 cm³/mol. The normalized spacial score (nSPS) is 11.4. The molecule has 0 radical (unpaired) electrons. The number of rotatable bonds is 4. The minimum absolute atomic E-state index is 0.0816. The molecule has 2 aromatic rings. The molecule has 6 heteroatoms. The van der Waals surface area contributed by atoms with Crippen LogP contribution in [0.2, 0.25) is 0 Å². The summed E-state index contributed by atoms with van der Waals surface area (Å²) >= 11 is 0. The van der Waals surface area contributed by atoms with Gasteiger partial charge in [0.1, 0.15) is 18.2 Å². The number of sulfonamides is 1. The molecule has 2 aromatic carbocycles. The number of hydrogen-bond acceptors (Lipinski definition) is 3. The standard InChI is InChI=1S/C15H16FNO3S/c1-10-7-15(21(17,18)19)11(2)6-14(10)20-9-12-4-3-5-13(16)8-12/h3-8H,9H2,1-2H3,(H2,17,18,19). The lowest BCUT2D eigenvalue weighted by atomic mass is 10.1. The molecule has 0 aromatic heterocycles. The molecule has 4 nitrogen and oxygen atoms in total. The van der Waals surface area contributed by atoms with Gasteiger partial charge in [0, 0.05) is 0 Å². The maximum atomic E-state index is 13.1. The average molecular weight is 309 g/mol. The van der Waals surface area contributed by atoms with E-state index in [0.717, 1.165) is 0 Å². The lowest BCUT2D eigenvalue weighted by Gasteiger charge is -2.12. The summed E-state index contributed by atoms with van der Waals surface area (Å²) < 4.78 is 41.6. The second kappa shape index (κ2) is 5.83. The van der Waals surface area contributed by atoms with E-state index < -0.39 is 10.0 Å². The summed E-state index contributed by atoms with van der Waals surface area (Å²) in [6, 6.07) is 9.21. The number of benzene rings is 2. The Bertz CT molecular complexity index is 772. The molecule has 0 unspecified atom stereocenters. The predicted octanol–water partition coefficient (Wildman–Crippen LogP) is 2.67. The van der Waals surface area contributed by atoms with Crippen LogP contribution in [-0.4, -0.2) is 8.42 Å². The van der Waals surface area contributed by atoms with E-state index in [0.29, 0.717) is 22.4 Å². The Kier molecular flexibility index (Phi) is 4.29. The van der Waals surface area contributed by atoms with Gasteiger partial charge in [-0.05, 0) is 54.8 Å². The molecular formula is C15H16FNO3S. The van der Waals surface area contributed by atoms with Crippen LogP contribution in [-0.2, 0) is 16.6 Å². The maximum Gasteiger partial charge on any atom is 0.238 e. The second-order valence-corrected chi connectivity index (χ2v) is 6.38. The quantitative estimate of drug-likeness (QED) is 0.944. The Morgan fingerprint density at radius 3 is 2.48 bits per heavy atom. The molecule has 2 N–H and O–H groups in total. The van der Waals surface area contributed by atoms with Gasteiger partial charge in [-0.2, -0.15) is 0 Å². The van der Waals surface area contributed by atoms with Gasteiger partial charge in [0.25, 0.3) is 0 Å². The SMILES string of the molecule is Cc1cc(S(N)(=O)=O)c(C)cc1OCc1cccc(F)c1. The molecular weight excluding hydrogens is 293 g/mol. The molecule has 21 heavy (non-hydrogen) atoms. The number of nitrogens with two attached hydrogens (primary N) is 1. The van der Waals surface area contributed by atoms with Crippen molar-refractivity contribution in [2.75, 3.05) is 0 Å². The van der Waals surface area contributed by atoms with Gasteiger partial charge < -0.3 is 4.74 Å². The van der Waals surface area contributed by atoms with E-state index in [4.69, 9.17) is 9.88 Å². The molecule has 112 valence electrons. The van der Waals surface area contributed by atoms with Crippen LogP contribution in [0.15, 0.2) is 41.3 Å². The largest absolute Gasteiger partial charge is 0.489 e. The van der Waals surface area contributed by atoms with Crippen molar-refractivity contribution in [3.05, 3.63) is 58.9 Å². The van der Waals surface area contributed by atoms with Crippen molar-refractivity contribution in [3.63, 3.8) is 0 Å². The highest BCUT2D eigenvalue weighted by Gasteiger charge is 2.14. The summed E-state index contributed by atoms with van der Waals surface area (Å²) in [5.41, 5.74) is 1.86. The first-order valence-electron chi connectivity index (χ1n) is 6.28. The van der Waals surface area contributed by atoms with Crippen LogP contribution in [0.1, 0.15) is 16.7 Å². The summed E-state index contributed by atoms with van der Waals surface area (Å²) in [6.45, 7) is 3.58. The van der Waals surface area contributed by atoms with E-state index in [-0.39, 0.29) is 17.3 Å². The molecule has 0 fully saturated rings. The van der Waals surface area contributed by atoms with E-state index in [1.807, 2.05) is 0 Å². The van der Waals surface area contributed by atoms with E-state index in [1.165, 1.54) is 18.2 Å².